The summed E-state index contributed by atoms with van der Waals surface area (Å²) in [7, 11) is 0. The molecule has 0 saturated heterocycles. The van der Waals surface area contributed by atoms with E-state index < -0.39 is 0 Å². The first-order valence-corrected chi connectivity index (χ1v) is 9.45. The number of nitrogens with one attached hydrogen (secondary N) is 1. The fourth-order valence-corrected chi connectivity index (χ4v) is 2.69. The highest BCUT2D eigenvalue weighted by Gasteiger charge is 2.11. The zero-order valence-electron chi connectivity index (χ0n) is 16.3. The maximum atomic E-state index is 11.9. The molecule has 0 aliphatic heterocycles. The van der Waals surface area contributed by atoms with Gasteiger partial charge in [0.2, 0.25) is 17.6 Å². The van der Waals surface area contributed by atoms with Crippen LogP contribution in [-0.2, 0) is 11.2 Å². The molecule has 0 spiro atoms. The molecule has 1 aromatic heterocycles. The van der Waals surface area contributed by atoms with Crippen LogP contribution in [0.25, 0.3) is 11.4 Å². The number of hydrogen-bond acceptors (Lipinski definition) is 5. The lowest BCUT2D eigenvalue weighted by atomic mass is 10.0. The molecule has 1 aromatic carbocycles. The third-order valence-corrected chi connectivity index (χ3v) is 4.51. The van der Waals surface area contributed by atoms with Crippen molar-refractivity contribution in [2.45, 2.75) is 46.5 Å². The molecule has 0 fully saturated rings. The minimum Gasteiger partial charge on any atom is -0.355 e. The van der Waals surface area contributed by atoms with Crippen molar-refractivity contribution in [1.82, 2.24) is 20.4 Å². The number of aromatic nitrogens is 2. The third kappa shape index (κ3) is 5.95. The average molecular weight is 358 g/mol. The van der Waals surface area contributed by atoms with Crippen molar-refractivity contribution in [3.05, 3.63) is 35.7 Å². The minimum absolute atomic E-state index is 0.0122. The molecule has 26 heavy (non-hydrogen) atoms. The molecule has 6 nitrogen and oxygen atoms in total. The minimum atomic E-state index is 0.0122. The maximum Gasteiger partial charge on any atom is 0.227 e. The van der Waals surface area contributed by atoms with Gasteiger partial charge >= 0.3 is 0 Å². The van der Waals surface area contributed by atoms with Crippen molar-refractivity contribution in [3.8, 4) is 11.4 Å². The van der Waals surface area contributed by atoms with Gasteiger partial charge in [-0.25, -0.2) is 0 Å². The predicted octanol–water partition coefficient (Wildman–Crippen LogP) is 3.25. The molecule has 0 atom stereocenters. The fourth-order valence-electron chi connectivity index (χ4n) is 2.69. The van der Waals surface area contributed by atoms with Gasteiger partial charge in [-0.2, -0.15) is 4.98 Å². The van der Waals surface area contributed by atoms with Gasteiger partial charge in [-0.15, -0.1) is 0 Å². The number of amides is 1. The normalized spacial score (nSPS) is 11.3. The van der Waals surface area contributed by atoms with Gasteiger partial charge in [0.15, 0.2) is 0 Å². The van der Waals surface area contributed by atoms with Crippen LogP contribution >= 0.6 is 0 Å². The molecule has 0 aliphatic carbocycles. The fraction of sp³-hybridized carbons (Fsp3) is 0.550. The Morgan fingerprint density at radius 1 is 1.19 bits per heavy atom. The van der Waals surface area contributed by atoms with Crippen LogP contribution in [-0.4, -0.2) is 47.1 Å². The standard InChI is InChI=1S/C20H30N4O2/c1-5-24(6-2)14-13-21-18(25)11-12-19-22-20(23-26-19)17-9-7-16(8-10-17)15(3)4/h7-10,15H,5-6,11-14H2,1-4H3,(H,21,25). The molecular weight excluding hydrogens is 328 g/mol. The Labute approximate surface area is 156 Å². The number of carbonyl (C=O) groups is 1. The molecule has 1 N–H and O–H groups in total. The van der Waals surface area contributed by atoms with E-state index in [0.29, 0.717) is 37.0 Å². The second-order valence-electron chi connectivity index (χ2n) is 6.67. The van der Waals surface area contributed by atoms with Crippen LogP contribution < -0.4 is 5.32 Å². The van der Waals surface area contributed by atoms with Crippen LogP contribution in [0.1, 0.15) is 51.5 Å². The summed E-state index contributed by atoms with van der Waals surface area (Å²) in [5.41, 5.74) is 2.20. The SMILES string of the molecule is CCN(CC)CCNC(=O)CCc1nc(-c2ccc(C(C)C)cc2)no1. The van der Waals surface area contributed by atoms with Crippen LogP contribution in [0, 0.1) is 0 Å². The molecule has 0 saturated carbocycles. The number of nitrogens with zero attached hydrogens (tertiary/aromatic N) is 3. The zero-order chi connectivity index (χ0) is 18.9. The summed E-state index contributed by atoms with van der Waals surface area (Å²) in [6.07, 6.45) is 0.806. The van der Waals surface area contributed by atoms with Gasteiger partial charge in [0.25, 0.3) is 0 Å². The number of aryl methyl sites for hydroxylation is 1. The Kier molecular flexibility index (Phi) is 7.78. The van der Waals surface area contributed by atoms with Crippen molar-refractivity contribution in [3.63, 3.8) is 0 Å². The molecule has 142 valence electrons. The first-order valence-electron chi connectivity index (χ1n) is 9.45. The molecule has 2 rings (SSSR count). The summed E-state index contributed by atoms with van der Waals surface area (Å²) in [6.45, 7) is 12.1. The van der Waals surface area contributed by atoms with Crippen LogP contribution in [0.4, 0.5) is 0 Å². The zero-order valence-corrected chi connectivity index (χ0v) is 16.3. The monoisotopic (exact) mass is 358 g/mol. The lowest BCUT2D eigenvalue weighted by Crippen LogP contribution is -2.34. The molecule has 2 aromatic rings. The third-order valence-electron chi connectivity index (χ3n) is 4.51. The van der Waals surface area contributed by atoms with Crippen molar-refractivity contribution in [2.75, 3.05) is 26.2 Å². The molecule has 0 bridgehead atoms. The summed E-state index contributed by atoms with van der Waals surface area (Å²) in [5.74, 6) is 1.56. The molecule has 6 heteroatoms. The number of carbonyl (C=O) groups excluding carboxylic acids is 1. The highest BCUT2D eigenvalue weighted by molar-refractivity contribution is 5.76. The van der Waals surface area contributed by atoms with Crippen LogP contribution in [0.15, 0.2) is 28.8 Å². The first kappa shape index (κ1) is 20.1. The number of likely N-dealkylation sites (N-methyl/N-ethyl adjacent to an activating group) is 1. The predicted molar refractivity (Wildman–Crippen MR) is 103 cm³/mol. The molecule has 1 amide bonds. The van der Waals surface area contributed by atoms with Gasteiger partial charge in [0.1, 0.15) is 0 Å². The van der Waals surface area contributed by atoms with Crippen molar-refractivity contribution < 1.29 is 9.32 Å². The second-order valence-corrected chi connectivity index (χ2v) is 6.67. The van der Waals surface area contributed by atoms with E-state index in [0.717, 1.165) is 25.2 Å². The molecule has 0 radical (unpaired) electrons. The average Bonchev–Trinajstić information content (AvgIpc) is 3.12. The van der Waals surface area contributed by atoms with E-state index >= 15 is 0 Å². The first-order chi connectivity index (χ1) is 12.5. The van der Waals surface area contributed by atoms with Crippen LogP contribution in [0.3, 0.4) is 0 Å². The van der Waals surface area contributed by atoms with E-state index in [2.05, 4.69) is 60.2 Å². The van der Waals surface area contributed by atoms with Gasteiger partial charge in [0.05, 0.1) is 0 Å². The lowest BCUT2D eigenvalue weighted by Gasteiger charge is -2.17. The van der Waals surface area contributed by atoms with Crippen molar-refractivity contribution in [1.29, 1.82) is 0 Å². The van der Waals surface area contributed by atoms with E-state index in [1.165, 1.54) is 5.56 Å². The number of hydrogen-bond donors (Lipinski definition) is 1. The Hall–Kier alpha value is -2.21. The Morgan fingerprint density at radius 3 is 2.50 bits per heavy atom. The quantitative estimate of drug-likeness (QED) is 0.706. The van der Waals surface area contributed by atoms with Gasteiger partial charge in [-0.05, 0) is 24.6 Å². The molecule has 1 heterocycles. The highest BCUT2D eigenvalue weighted by atomic mass is 16.5. The van der Waals surface area contributed by atoms with Crippen LogP contribution in [0.5, 0.6) is 0 Å². The van der Waals surface area contributed by atoms with Crippen molar-refractivity contribution >= 4 is 5.91 Å². The van der Waals surface area contributed by atoms with Gasteiger partial charge in [-0.3, -0.25) is 4.79 Å². The van der Waals surface area contributed by atoms with Crippen LogP contribution in [0.2, 0.25) is 0 Å². The van der Waals surface area contributed by atoms with Gasteiger partial charge in [-0.1, -0.05) is 57.1 Å². The number of benzene rings is 1. The molecule has 0 aliphatic rings. The molecular formula is C20H30N4O2. The second kappa shape index (κ2) is 10.1. The highest BCUT2D eigenvalue weighted by Crippen LogP contribution is 2.20. The summed E-state index contributed by atoms with van der Waals surface area (Å²) in [4.78, 5) is 18.6. The summed E-state index contributed by atoms with van der Waals surface area (Å²) >= 11 is 0. The largest absolute Gasteiger partial charge is 0.355 e. The van der Waals surface area contributed by atoms with E-state index in [1.807, 2.05) is 12.1 Å². The Balaban J connectivity index is 1.80. The maximum absolute atomic E-state index is 11.9. The summed E-state index contributed by atoms with van der Waals surface area (Å²) in [5, 5.41) is 6.96. The van der Waals surface area contributed by atoms with Gasteiger partial charge in [0, 0.05) is 31.5 Å². The van der Waals surface area contributed by atoms with E-state index in [1.54, 1.807) is 0 Å². The summed E-state index contributed by atoms with van der Waals surface area (Å²) < 4.78 is 5.28. The lowest BCUT2D eigenvalue weighted by molar-refractivity contribution is -0.121. The van der Waals surface area contributed by atoms with Gasteiger partial charge < -0.3 is 14.7 Å². The molecule has 0 unspecified atom stereocenters. The van der Waals surface area contributed by atoms with Crippen molar-refractivity contribution in [2.24, 2.45) is 0 Å². The Bertz CT molecular complexity index is 675. The Morgan fingerprint density at radius 2 is 1.88 bits per heavy atom. The smallest absolute Gasteiger partial charge is 0.227 e. The summed E-state index contributed by atoms with van der Waals surface area (Å²) in [6, 6.07) is 8.17. The topological polar surface area (TPSA) is 71.3 Å². The van der Waals surface area contributed by atoms with E-state index in [4.69, 9.17) is 4.52 Å². The number of rotatable bonds is 10. The van der Waals surface area contributed by atoms with E-state index in [-0.39, 0.29) is 5.91 Å². The van der Waals surface area contributed by atoms with E-state index in [9.17, 15) is 4.79 Å².